The van der Waals surface area contributed by atoms with Crippen LogP contribution >= 0.6 is 0 Å². The van der Waals surface area contributed by atoms with Gasteiger partial charge in [0, 0.05) is 6.61 Å². The van der Waals surface area contributed by atoms with Gasteiger partial charge in [0.25, 0.3) is 0 Å². The molecule has 3 nitrogen and oxygen atoms in total. The van der Waals surface area contributed by atoms with E-state index in [0.717, 1.165) is 32.5 Å². The van der Waals surface area contributed by atoms with Crippen LogP contribution in [-0.2, 0) is 14.0 Å². The van der Waals surface area contributed by atoms with Gasteiger partial charge in [-0.3, -0.25) is 0 Å². The first-order valence-electron chi connectivity index (χ1n) is 6.54. The molecule has 2 rings (SSSR count). The van der Waals surface area contributed by atoms with Crippen molar-refractivity contribution in [2.75, 3.05) is 13.2 Å². The molecule has 0 N–H and O–H groups in total. The van der Waals surface area contributed by atoms with Gasteiger partial charge in [0.2, 0.25) is 0 Å². The van der Waals surface area contributed by atoms with E-state index >= 15 is 0 Å². The Bertz CT molecular complexity index is 284. The predicted octanol–water partition coefficient (Wildman–Crippen LogP) is 2.74. The van der Waals surface area contributed by atoms with Gasteiger partial charge in [0.15, 0.2) is 0 Å². The molecule has 2 aliphatic rings. The zero-order valence-corrected chi connectivity index (χ0v) is 11.4. The van der Waals surface area contributed by atoms with E-state index in [9.17, 15) is 0 Å². The van der Waals surface area contributed by atoms with Crippen LogP contribution in [-0.4, -0.2) is 31.5 Å². The third-order valence-electron chi connectivity index (χ3n) is 4.00. The maximum atomic E-state index is 5.97. The van der Waals surface area contributed by atoms with E-state index in [1.807, 2.05) is 0 Å². The SMILES string of the molecule is CC1(C)OB(C=C2CCCOCC2)OC1(C)C. The fourth-order valence-electron chi connectivity index (χ4n) is 2.15. The zero-order valence-electron chi connectivity index (χ0n) is 11.4. The van der Waals surface area contributed by atoms with Gasteiger partial charge in [-0.05, 0) is 47.0 Å². The molecule has 0 atom stereocenters. The van der Waals surface area contributed by atoms with E-state index in [2.05, 4.69) is 33.7 Å². The standard InChI is InChI=1S/C13H23BO3/c1-12(2)13(3,4)17-14(16-12)10-11-6-5-8-15-9-7-11/h10H,5-9H2,1-4H3. The highest BCUT2D eigenvalue weighted by atomic mass is 16.7. The summed E-state index contributed by atoms with van der Waals surface area (Å²) >= 11 is 0. The van der Waals surface area contributed by atoms with Crippen molar-refractivity contribution in [1.29, 1.82) is 0 Å². The first kappa shape index (κ1) is 13.1. The van der Waals surface area contributed by atoms with Crippen molar-refractivity contribution in [2.45, 2.75) is 58.2 Å². The topological polar surface area (TPSA) is 27.7 Å². The van der Waals surface area contributed by atoms with Crippen LogP contribution in [0.4, 0.5) is 0 Å². The third kappa shape index (κ3) is 2.93. The van der Waals surface area contributed by atoms with Gasteiger partial charge >= 0.3 is 7.12 Å². The highest BCUT2D eigenvalue weighted by Crippen LogP contribution is 2.37. The summed E-state index contributed by atoms with van der Waals surface area (Å²) in [6.07, 6.45) is 3.21. The molecule has 17 heavy (non-hydrogen) atoms. The van der Waals surface area contributed by atoms with Gasteiger partial charge in [-0.2, -0.15) is 0 Å². The Morgan fingerprint density at radius 1 is 1.00 bits per heavy atom. The molecule has 96 valence electrons. The molecule has 2 aliphatic heterocycles. The summed E-state index contributed by atoms with van der Waals surface area (Å²) in [5.41, 5.74) is 0.923. The van der Waals surface area contributed by atoms with Crippen LogP contribution in [0.15, 0.2) is 11.5 Å². The number of hydrogen-bond acceptors (Lipinski definition) is 3. The Labute approximate surface area is 105 Å². The van der Waals surface area contributed by atoms with Gasteiger partial charge in [0.05, 0.1) is 17.8 Å². The Morgan fingerprint density at radius 2 is 1.65 bits per heavy atom. The van der Waals surface area contributed by atoms with Crippen LogP contribution in [0.25, 0.3) is 0 Å². The molecule has 0 unspecified atom stereocenters. The van der Waals surface area contributed by atoms with Crippen LogP contribution < -0.4 is 0 Å². The lowest BCUT2D eigenvalue weighted by atomic mass is 9.85. The molecule has 0 aromatic rings. The Morgan fingerprint density at radius 3 is 2.29 bits per heavy atom. The molecule has 2 heterocycles. The fraction of sp³-hybridized carbons (Fsp3) is 0.846. The summed E-state index contributed by atoms with van der Waals surface area (Å²) < 4.78 is 17.4. The predicted molar refractivity (Wildman–Crippen MR) is 68.8 cm³/mol. The fourth-order valence-corrected chi connectivity index (χ4v) is 2.15. The van der Waals surface area contributed by atoms with E-state index in [0.29, 0.717) is 0 Å². The molecule has 0 amide bonds. The van der Waals surface area contributed by atoms with E-state index < -0.39 is 0 Å². The molecule has 0 radical (unpaired) electrons. The first-order valence-corrected chi connectivity index (χ1v) is 6.54. The molecular weight excluding hydrogens is 215 g/mol. The lowest BCUT2D eigenvalue weighted by Gasteiger charge is -2.32. The van der Waals surface area contributed by atoms with E-state index in [4.69, 9.17) is 14.0 Å². The minimum absolute atomic E-state index is 0.201. The lowest BCUT2D eigenvalue weighted by Crippen LogP contribution is -2.41. The summed E-state index contributed by atoms with van der Waals surface area (Å²) in [4.78, 5) is 0. The smallest absolute Gasteiger partial charge is 0.400 e. The molecule has 0 saturated carbocycles. The van der Waals surface area contributed by atoms with Crippen LogP contribution in [0.5, 0.6) is 0 Å². The molecule has 4 heteroatoms. The zero-order chi connectivity index (χ0) is 12.5. The quantitative estimate of drug-likeness (QED) is 0.657. The van der Waals surface area contributed by atoms with Crippen molar-refractivity contribution in [2.24, 2.45) is 0 Å². The van der Waals surface area contributed by atoms with E-state index in [1.165, 1.54) is 5.57 Å². The summed E-state index contributed by atoms with van der Waals surface area (Å²) in [6, 6.07) is 0. The van der Waals surface area contributed by atoms with Crippen molar-refractivity contribution in [3.05, 3.63) is 11.5 Å². The molecular formula is C13H23BO3. The van der Waals surface area contributed by atoms with Gasteiger partial charge < -0.3 is 14.0 Å². The molecule has 0 aromatic carbocycles. The Balaban J connectivity index is 2.03. The normalized spacial score (nSPS) is 30.6. The molecule has 2 saturated heterocycles. The van der Waals surface area contributed by atoms with Crippen LogP contribution in [0.1, 0.15) is 47.0 Å². The van der Waals surface area contributed by atoms with Gasteiger partial charge in [0.1, 0.15) is 0 Å². The monoisotopic (exact) mass is 238 g/mol. The van der Waals surface area contributed by atoms with Crippen molar-refractivity contribution >= 4 is 7.12 Å². The average molecular weight is 238 g/mol. The number of hydrogen-bond donors (Lipinski definition) is 0. The summed E-state index contributed by atoms with van der Waals surface area (Å²) in [5.74, 6) is 2.14. The van der Waals surface area contributed by atoms with Crippen LogP contribution in [0.3, 0.4) is 0 Å². The first-order chi connectivity index (χ1) is 7.91. The minimum atomic E-state index is -0.240. The third-order valence-corrected chi connectivity index (χ3v) is 4.00. The maximum absolute atomic E-state index is 5.97. The molecule has 0 aromatic heterocycles. The van der Waals surface area contributed by atoms with Crippen molar-refractivity contribution in [3.63, 3.8) is 0 Å². The summed E-state index contributed by atoms with van der Waals surface area (Å²) in [6.45, 7) is 10.0. The maximum Gasteiger partial charge on any atom is 0.487 e. The highest BCUT2D eigenvalue weighted by molar-refractivity contribution is 6.51. The number of rotatable bonds is 1. The largest absolute Gasteiger partial charge is 0.487 e. The molecule has 0 aliphatic carbocycles. The average Bonchev–Trinajstić information content (AvgIpc) is 2.42. The Hall–Kier alpha value is -0.315. The molecule has 0 spiro atoms. The van der Waals surface area contributed by atoms with Gasteiger partial charge in [-0.1, -0.05) is 11.5 Å². The molecule has 2 fully saturated rings. The van der Waals surface area contributed by atoms with E-state index in [1.54, 1.807) is 0 Å². The van der Waals surface area contributed by atoms with Crippen LogP contribution in [0, 0.1) is 0 Å². The van der Waals surface area contributed by atoms with Crippen molar-refractivity contribution < 1.29 is 14.0 Å². The highest BCUT2D eigenvalue weighted by Gasteiger charge is 2.50. The second kappa shape index (κ2) is 4.75. The van der Waals surface area contributed by atoms with E-state index in [-0.39, 0.29) is 18.3 Å². The van der Waals surface area contributed by atoms with Crippen LogP contribution in [0.2, 0.25) is 0 Å². The molecule has 0 bridgehead atoms. The second-order valence-electron chi connectivity index (χ2n) is 5.92. The van der Waals surface area contributed by atoms with Gasteiger partial charge in [-0.15, -0.1) is 0 Å². The summed E-state index contributed by atoms with van der Waals surface area (Å²) in [5, 5.41) is 0. The van der Waals surface area contributed by atoms with Crippen molar-refractivity contribution in [3.8, 4) is 0 Å². The Kier molecular flexibility index (Phi) is 3.67. The lowest BCUT2D eigenvalue weighted by molar-refractivity contribution is 0.00578. The second-order valence-corrected chi connectivity index (χ2v) is 5.92. The number of ether oxygens (including phenoxy) is 1. The van der Waals surface area contributed by atoms with Crippen molar-refractivity contribution in [1.82, 2.24) is 0 Å². The minimum Gasteiger partial charge on any atom is -0.400 e. The van der Waals surface area contributed by atoms with Gasteiger partial charge in [-0.25, -0.2) is 0 Å². The summed E-state index contributed by atoms with van der Waals surface area (Å²) in [7, 11) is -0.201.